The normalized spacial score (nSPS) is 21.2. The quantitative estimate of drug-likeness (QED) is 0.306. The molecule has 11 heteroatoms. The minimum absolute atomic E-state index is 0.0313. The van der Waals surface area contributed by atoms with Crippen LogP contribution in [-0.4, -0.2) is 64.6 Å². The van der Waals surface area contributed by atoms with Crippen molar-refractivity contribution in [1.82, 2.24) is 20.5 Å². The summed E-state index contributed by atoms with van der Waals surface area (Å²) in [6.07, 6.45) is 3.69. The molecule has 2 atom stereocenters. The van der Waals surface area contributed by atoms with Gasteiger partial charge in [-0.15, -0.1) is 0 Å². The number of nitro benzene ring substituents is 1. The number of benzene rings is 1. The molecule has 0 saturated carbocycles. The van der Waals surface area contributed by atoms with Crippen molar-refractivity contribution in [3.63, 3.8) is 0 Å². The fraction of sp³-hybridized carbons (Fsp3) is 0.444. The number of unbranched alkanes of at least 4 members (excludes halogenated alkanes) is 2. The fourth-order valence-corrected chi connectivity index (χ4v) is 3.28. The van der Waals surface area contributed by atoms with Crippen molar-refractivity contribution in [3.8, 4) is 0 Å². The largest absolute Gasteiger partial charge is 0.326 e. The van der Waals surface area contributed by atoms with E-state index >= 15 is 0 Å². The van der Waals surface area contributed by atoms with Crippen molar-refractivity contribution in [2.24, 2.45) is 10.1 Å². The van der Waals surface area contributed by atoms with Gasteiger partial charge >= 0.3 is 6.03 Å². The summed E-state index contributed by atoms with van der Waals surface area (Å²) in [7, 11) is 1.59. The summed E-state index contributed by atoms with van der Waals surface area (Å²) in [5.41, 5.74) is 3.34. The first-order chi connectivity index (χ1) is 13.9. The number of urea groups is 1. The van der Waals surface area contributed by atoms with Gasteiger partial charge in [0, 0.05) is 31.3 Å². The Bertz CT molecular complexity index is 870. The molecule has 154 valence electrons. The molecule has 1 aromatic carbocycles. The van der Waals surface area contributed by atoms with Gasteiger partial charge in [-0.2, -0.15) is 5.10 Å². The number of guanidine groups is 1. The Balaban J connectivity index is 1.77. The average molecular weight is 401 g/mol. The standard InChI is InChI=1S/C18H23N7O4/c1-3-4-5-9-24-14-15(23(2)18(27)21-16(14)26)20-17(24)22-19-11-12-7-6-8-13(10-12)25(28)29/h6-8,10-11,14-15H,3-5,9H2,1-2H3,(H,20,22)(H,21,26,27)/b19-11+. The molecule has 11 nitrogen and oxygen atoms in total. The van der Waals surface area contributed by atoms with Crippen LogP contribution in [0.5, 0.6) is 0 Å². The summed E-state index contributed by atoms with van der Waals surface area (Å²) in [5, 5.41) is 17.4. The monoisotopic (exact) mass is 401 g/mol. The zero-order chi connectivity index (χ0) is 21.0. The van der Waals surface area contributed by atoms with Crippen LogP contribution in [0.2, 0.25) is 0 Å². The van der Waals surface area contributed by atoms with Crippen molar-refractivity contribution >= 4 is 29.8 Å². The number of nitrogens with zero attached hydrogens (tertiary/aromatic N) is 5. The topological polar surface area (TPSA) is 133 Å². The van der Waals surface area contributed by atoms with Gasteiger partial charge < -0.3 is 9.80 Å². The van der Waals surface area contributed by atoms with Crippen LogP contribution in [0.15, 0.2) is 34.4 Å². The first-order valence-electron chi connectivity index (χ1n) is 9.38. The Morgan fingerprint density at radius 1 is 1.38 bits per heavy atom. The molecule has 3 rings (SSSR count). The van der Waals surface area contributed by atoms with Crippen molar-refractivity contribution in [3.05, 3.63) is 39.9 Å². The van der Waals surface area contributed by atoms with E-state index in [1.165, 1.54) is 23.2 Å². The summed E-state index contributed by atoms with van der Waals surface area (Å²) in [6, 6.07) is 4.95. The van der Waals surface area contributed by atoms with Crippen LogP contribution in [-0.2, 0) is 4.79 Å². The fourth-order valence-electron chi connectivity index (χ4n) is 3.28. The molecule has 29 heavy (non-hydrogen) atoms. The molecule has 2 unspecified atom stereocenters. The number of hydrogen-bond acceptors (Lipinski definition) is 8. The number of nitrogens with one attached hydrogen (secondary N) is 2. The number of likely N-dealkylation sites (N-methyl/N-ethyl adjacent to an activating group) is 1. The lowest BCUT2D eigenvalue weighted by Crippen LogP contribution is -2.64. The molecule has 2 N–H and O–H groups in total. The molecule has 0 radical (unpaired) electrons. The summed E-state index contributed by atoms with van der Waals surface area (Å²) >= 11 is 0. The molecule has 0 bridgehead atoms. The molecule has 1 saturated heterocycles. The Morgan fingerprint density at radius 3 is 2.90 bits per heavy atom. The lowest BCUT2D eigenvalue weighted by atomic mass is 10.1. The number of amides is 3. The summed E-state index contributed by atoms with van der Waals surface area (Å²) < 4.78 is 0. The number of fused-ring (bicyclic) bond motifs is 1. The molecular weight excluding hydrogens is 378 g/mol. The van der Waals surface area contributed by atoms with E-state index in [-0.39, 0.29) is 5.69 Å². The van der Waals surface area contributed by atoms with Crippen LogP contribution < -0.4 is 10.7 Å². The van der Waals surface area contributed by atoms with Crippen molar-refractivity contribution < 1.29 is 14.5 Å². The van der Waals surface area contributed by atoms with Crippen LogP contribution in [0.25, 0.3) is 0 Å². The van der Waals surface area contributed by atoms with Gasteiger partial charge in [-0.25, -0.2) is 15.2 Å². The maximum Gasteiger partial charge on any atom is 0.325 e. The van der Waals surface area contributed by atoms with Crippen LogP contribution in [0.4, 0.5) is 10.5 Å². The third kappa shape index (κ3) is 4.33. The second-order valence-corrected chi connectivity index (χ2v) is 6.84. The first-order valence-corrected chi connectivity index (χ1v) is 9.38. The van der Waals surface area contributed by atoms with Crippen LogP contribution in [0.3, 0.4) is 0 Å². The van der Waals surface area contributed by atoms with Gasteiger partial charge in [0.2, 0.25) is 5.96 Å². The molecule has 0 aromatic heterocycles. The van der Waals surface area contributed by atoms with Crippen molar-refractivity contribution in [2.75, 3.05) is 13.6 Å². The van der Waals surface area contributed by atoms with Gasteiger partial charge in [0.15, 0.2) is 12.2 Å². The molecule has 2 heterocycles. The molecule has 2 aliphatic rings. The highest BCUT2D eigenvalue weighted by Gasteiger charge is 2.48. The molecule has 3 amide bonds. The van der Waals surface area contributed by atoms with E-state index in [0.717, 1.165) is 19.3 Å². The lowest BCUT2D eigenvalue weighted by Gasteiger charge is -2.36. The van der Waals surface area contributed by atoms with Gasteiger partial charge in [-0.3, -0.25) is 20.2 Å². The molecule has 2 aliphatic heterocycles. The van der Waals surface area contributed by atoms with Crippen LogP contribution >= 0.6 is 0 Å². The Hall–Kier alpha value is -3.50. The lowest BCUT2D eigenvalue weighted by molar-refractivity contribution is -0.384. The number of hydrazone groups is 1. The SMILES string of the molecule is CCCCCN1C(N/N=C/c2cccc([N+](=O)[O-])c2)=NC2C1C(=O)NC(=O)N2C. The van der Waals surface area contributed by atoms with Crippen LogP contribution in [0, 0.1) is 10.1 Å². The second-order valence-electron chi connectivity index (χ2n) is 6.84. The van der Waals surface area contributed by atoms with Gasteiger partial charge in [0.05, 0.1) is 11.1 Å². The summed E-state index contributed by atoms with van der Waals surface area (Å²) in [5.74, 6) is -0.00713. The Kier molecular flexibility index (Phi) is 6.05. The third-order valence-electron chi connectivity index (χ3n) is 4.82. The minimum Gasteiger partial charge on any atom is -0.326 e. The maximum atomic E-state index is 12.4. The smallest absolute Gasteiger partial charge is 0.325 e. The number of imide groups is 1. The zero-order valence-corrected chi connectivity index (χ0v) is 16.2. The van der Waals surface area contributed by atoms with Crippen LogP contribution in [0.1, 0.15) is 31.7 Å². The number of rotatable bonds is 7. The van der Waals surface area contributed by atoms with E-state index in [1.807, 2.05) is 4.90 Å². The summed E-state index contributed by atoms with van der Waals surface area (Å²) in [4.78, 5) is 42.4. The number of nitro groups is 1. The van der Waals surface area contributed by atoms with Gasteiger partial charge in [-0.1, -0.05) is 31.9 Å². The van der Waals surface area contributed by atoms with Gasteiger partial charge in [-0.05, 0) is 6.42 Å². The Labute approximate surface area is 167 Å². The molecule has 0 spiro atoms. The molecule has 0 aliphatic carbocycles. The first kappa shape index (κ1) is 20.2. The number of aliphatic imine (C=N–C) groups is 1. The van der Waals surface area contributed by atoms with E-state index in [4.69, 9.17) is 0 Å². The van der Waals surface area contributed by atoms with E-state index in [0.29, 0.717) is 18.1 Å². The third-order valence-corrected chi connectivity index (χ3v) is 4.82. The molecular formula is C18H23N7O4. The molecule has 1 fully saturated rings. The number of hydrogen-bond donors (Lipinski definition) is 2. The highest BCUT2D eigenvalue weighted by atomic mass is 16.6. The number of carbonyl (C=O) groups is 2. The summed E-state index contributed by atoms with van der Waals surface area (Å²) in [6.45, 7) is 2.67. The van der Waals surface area contributed by atoms with Crippen molar-refractivity contribution in [1.29, 1.82) is 0 Å². The van der Waals surface area contributed by atoms with Crippen molar-refractivity contribution in [2.45, 2.75) is 38.4 Å². The number of non-ortho nitro benzene ring substituents is 1. The van der Waals surface area contributed by atoms with E-state index in [2.05, 4.69) is 27.8 Å². The molecule has 1 aromatic rings. The van der Waals surface area contributed by atoms with Gasteiger partial charge in [0.1, 0.15) is 0 Å². The van der Waals surface area contributed by atoms with E-state index in [9.17, 15) is 19.7 Å². The van der Waals surface area contributed by atoms with Gasteiger partial charge in [0.25, 0.3) is 11.6 Å². The van der Waals surface area contributed by atoms with E-state index in [1.54, 1.807) is 19.2 Å². The minimum atomic E-state index is -0.631. The predicted octanol–water partition coefficient (Wildman–Crippen LogP) is 1.26. The van der Waals surface area contributed by atoms with E-state index < -0.39 is 29.1 Å². The maximum absolute atomic E-state index is 12.4. The average Bonchev–Trinajstić information content (AvgIpc) is 3.06. The Morgan fingerprint density at radius 2 is 2.17 bits per heavy atom. The second kappa shape index (κ2) is 8.67. The zero-order valence-electron chi connectivity index (χ0n) is 16.2. The highest BCUT2D eigenvalue weighted by Crippen LogP contribution is 2.23. The predicted molar refractivity (Wildman–Crippen MR) is 106 cm³/mol. The number of carbonyl (C=O) groups excluding carboxylic acids is 2. The highest BCUT2D eigenvalue weighted by molar-refractivity contribution is 6.03.